The number of nitrogens with zero attached hydrogens (tertiary/aromatic N) is 2. The predicted molar refractivity (Wildman–Crippen MR) is 67.6 cm³/mol. The summed E-state index contributed by atoms with van der Waals surface area (Å²) >= 11 is 0. The zero-order valence-corrected chi connectivity index (χ0v) is 11.1. The van der Waals surface area contributed by atoms with Gasteiger partial charge in [0.2, 0.25) is 5.91 Å². The van der Waals surface area contributed by atoms with Crippen LogP contribution in [-0.2, 0) is 4.74 Å². The molecule has 2 heterocycles. The van der Waals surface area contributed by atoms with Crippen LogP contribution in [0.3, 0.4) is 0 Å². The van der Waals surface area contributed by atoms with Crippen LogP contribution >= 0.6 is 0 Å². The molecule has 8 nitrogen and oxygen atoms in total. The second-order valence-electron chi connectivity index (χ2n) is 4.78. The van der Waals surface area contributed by atoms with Crippen LogP contribution < -0.4 is 11.2 Å². The minimum absolute atomic E-state index is 0.0979. The number of ether oxygens (including phenoxy) is 1. The molecule has 0 bridgehead atoms. The average Bonchev–Trinajstić information content (AvgIpc) is 2.74. The molecule has 0 aliphatic carbocycles. The smallest absolute Gasteiger partial charge is 0.340 e. The molecule has 3 unspecified atom stereocenters. The lowest BCUT2D eigenvalue weighted by Crippen LogP contribution is -2.44. The largest absolute Gasteiger partial charge is 0.394 e. The summed E-state index contributed by atoms with van der Waals surface area (Å²) in [7, 11) is 0. The molecular weight excluding hydrogens is 268 g/mol. The van der Waals surface area contributed by atoms with Gasteiger partial charge in [0.05, 0.1) is 12.7 Å². The Hall–Kier alpha value is -1.77. The number of hydrogen-bond acceptors (Lipinski definition) is 6. The van der Waals surface area contributed by atoms with E-state index in [4.69, 9.17) is 9.84 Å². The molecule has 0 saturated carbocycles. The molecule has 1 fully saturated rings. The Morgan fingerprint density at radius 3 is 2.65 bits per heavy atom. The lowest BCUT2D eigenvalue weighted by molar-refractivity contribution is -0.0462. The van der Waals surface area contributed by atoms with E-state index >= 15 is 0 Å². The van der Waals surface area contributed by atoms with Crippen molar-refractivity contribution in [2.24, 2.45) is 0 Å². The van der Waals surface area contributed by atoms with E-state index < -0.39 is 35.6 Å². The number of rotatable bonds is 2. The van der Waals surface area contributed by atoms with E-state index in [0.29, 0.717) is 4.57 Å². The van der Waals surface area contributed by atoms with Crippen LogP contribution in [0.4, 0.5) is 0 Å². The van der Waals surface area contributed by atoms with Crippen LogP contribution in [0, 0.1) is 6.92 Å². The maximum absolute atomic E-state index is 12.2. The van der Waals surface area contributed by atoms with Gasteiger partial charge in [-0.25, -0.2) is 4.79 Å². The van der Waals surface area contributed by atoms with Gasteiger partial charge in [0.1, 0.15) is 12.3 Å². The van der Waals surface area contributed by atoms with Gasteiger partial charge < -0.3 is 14.9 Å². The van der Waals surface area contributed by atoms with Crippen molar-refractivity contribution in [1.29, 1.82) is 0 Å². The fraction of sp³-hybridized carbons (Fsp3) is 0.583. The summed E-state index contributed by atoms with van der Waals surface area (Å²) in [6, 6.07) is 0. The van der Waals surface area contributed by atoms with Crippen molar-refractivity contribution < 1.29 is 19.7 Å². The van der Waals surface area contributed by atoms with Crippen LogP contribution in [0.5, 0.6) is 0 Å². The first kappa shape index (κ1) is 14.6. The molecular formula is C12H16N2O6. The zero-order valence-electron chi connectivity index (χ0n) is 11.1. The average molecular weight is 284 g/mol. The molecule has 1 saturated heterocycles. The van der Waals surface area contributed by atoms with Crippen LogP contribution in [0.1, 0.15) is 29.9 Å². The predicted octanol–water partition coefficient (Wildman–Crippen LogP) is -1.38. The molecule has 3 atom stereocenters. The van der Waals surface area contributed by atoms with Gasteiger partial charge in [0.15, 0.2) is 0 Å². The number of carbonyl (C=O) groups excluding carboxylic acids is 1. The summed E-state index contributed by atoms with van der Waals surface area (Å²) in [4.78, 5) is 35.3. The Morgan fingerprint density at radius 2 is 2.15 bits per heavy atom. The summed E-state index contributed by atoms with van der Waals surface area (Å²) in [5.41, 5.74) is -1.27. The highest BCUT2D eigenvalue weighted by molar-refractivity contribution is 5.75. The van der Waals surface area contributed by atoms with Crippen molar-refractivity contribution in [3.8, 4) is 0 Å². The van der Waals surface area contributed by atoms with Crippen molar-refractivity contribution in [2.45, 2.75) is 38.7 Å². The van der Waals surface area contributed by atoms with Gasteiger partial charge in [-0.2, -0.15) is 4.57 Å². The van der Waals surface area contributed by atoms with Crippen LogP contribution in [0.15, 0.2) is 15.8 Å². The molecule has 110 valence electrons. The van der Waals surface area contributed by atoms with Crippen molar-refractivity contribution in [1.82, 2.24) is 9.13 Å². The highest BCUT2D eigenvalue weighted by Gasteiger charge is 2.35. The summed E-state index contributed by atoms with van der Waals surface area (Å²) in [6.45, 7) is 2.22. The highest BCUT2D eigenvalue weighted by Crippen LogP contribution is 2.27. The third kappa shape index (κ3) is 2.33. The number of aryl methyl sites for hydroxylation is 1. The van der Waals surface area contributed by atoms with Crippen molar-refractivity contribution in [2.75, 3.05) is 6.61 Å². The maximum atomic E-state index is 12.2. The third-order valence-corrected chi connectivity index (χ3v) is 3.29. The van der Waals surface area contributed by atoms with Gasteiger partial charge >= 0.3 is 5.69 Å². The Kier molecular flexibility index (Phi) is 3.89. The first-order valence-electron chi connectivity index (χ1n) is 6.17. The van der Waals surface area contributed by atoms with E-state index in [-0.39, 0.29) is 18.6 Å². The van der Waals surface area contributed by atoms with E-state index in [0.717, 1.165) is 11.5 Å². The number of aliphatic hydroxyl groups is 2. The molecule has 1 aliphatic rings. The molecule has 0 spiro atoms. The van der Waals surface area contributed by atoms with Crippen LogP contribution in [0.25, 0.3) is 0 Å². The van der Waals surface area contributed by atoms with Gasteiger partial charge in [0, 0.05) is 25.1 Å². The number of aliphatic hydroxyl groups excluding tert-OH is 2. The SMILES string of the molecule is CC(=O)n1c(=O)c(C)cn(C2CC(O)C(CO)O2)c1=O. The molecule has 20 heavy (non-hydrogen) atoms. The Morgan fingerprint density at radius 1 is 1.50 bits per heavy atom. The topological polar surface area (TPSA) is 111 Å². The van der Waals surface area contributed by atoms with E-state index in [1.54, 1.807) is 0 Å². The molecule has 1 aromatic rings. The van der Waals surface area contributed by atoms with Crippen LogP contribution in [0.2, 0.25) is 0 Å². The zero-order chi connectivity index (χ0) is 15.0. The third-order valence-electron chi connectivity index (χ3n) is 3.29. The summed E-state index contributed by atoms with van der Waals surface area (Å²) in [5.74, 6) is -0.685. The molecule has 2 N–H and O–H groups in total. The van der Waals surface area contributed by atoms with Gasteiger partial charge in [-0.3, -0.25) is 14.2 Å². The normalized spacial score (nSPS) is 25.9. The summed E-state index contributed by atoms with van der Waals surface area (Å²) in [5, 5.41) is 18.7. The minimum atomic E-state index is -0.907. The Bertz CT molecular complexity index is 646. The van der Waals surface area contributed by atoms with Gasteiger partial charge in [0.25, 0.3) is 5.56 Å². The Labute approximate surface area is 113 Å². The second kappa shape index (κ2) is 5.31. The minimum Gasteiger partial charge on any atom is -0.394 e. The summed E-state index contributed by atoms with van der Waals surface area (Å²) in [6.07, 6.45) is -1.12. The number of aromatic nitrogens is 2. The molecule has 2 rings (SSSR count). The standard InChI is InChI=1S/C12H16N2O6/c1-6-4-13(10-3-8(17)9(5-15)20-10)12(19)14(7(2)16)11(6)18/h4,8-10,15,17H,3,5H2,1-2H3. The van der Waals surface area contributed by atoms with Gasteiger partial charge in [-0.05, 0) is 6.92 Å². The van der Waals surface area contributed by atoms with Crippen molar-refractivity contribution in [3.05, 3.63) is 32.6 Å². The summed E-state index contributed by atoms with van der Waals surface area (Å²) < 4.78 is 6.98. The maximum Gasteiger partial charge on any atom is 0.340 e. The Balaban J connectivity index is 2.52. The monoisotopic (exact) mass is 284 g/mol. The second-order valence-corrected chi connectivity index (χ2v) is 4.78. The van der Waals surface area contributed by atoms with Gasteiger partial charge in [-0.15, -0.1) is 0 Å². The number of hydrogen-bond donors (Lipinski definition) is 2. The molecule has 0 radical (unpaired) electrons. The number of carbonyl (C=O) groups is 1. The highest BCUT2D eigenvalue weighted by atomic mass is 16.5. The molecule has 8 heteroatoms. The quantitative estimate of drug-likeness (QED) is 0.692. The van der Waals surface area contributed by atoms with E-state index in [9.17, 15) is 19.5 Å². The van der Waals surface area contributed by atoms with Crippen LogP contribution in [-0.4, -0.2) is 44.1 Å². The van der Waals surface area contributed by atoms with E-state index in [1.165, 1.54) is 13.1 Å². The lowest BCUT2D eigenvalue weighted by atomic mass is 10.2. The molecule has 1 aromatic heterocycles. The molecule has 0 aromatic carbocycles. The lowest BCUT2D eigenvalue weighted by Gasteiger charge is -2.16. The van der Waals surface area contributed by atoms with Crippen molar-refractivity contribution >= 4 is 5.91 Å². The first-order chi connectivity index (χ1) is 9.36. The fourth-order valence-electron chi connectivity index (χ4n) is 2.23. The molecule has 0 amide bonds. The van der Waals surface area contributed by atoms with E-state index in [2.05, 4.69) is 0 Å². The fourth-order valence-corrected chi connectivity index (χ4v) is 2.23. The molecule has 1 aliphatic heterocycles. The van der Waals surface area contributed by atoms with Crippen molar-refractivity contribution in [3.63, 3.8) is 0 Å². The van der Waals surface area contributed by atoms with E-state index in [1.807, 2.05) is 0 Å². The first-order valence-corrected chi connectivity index (χ1v) is 6.17. The van der Waals surface area contributed by atoms with Gasteiger partial charge in [-0.1, -0.05) is 0 Å².